The van der Waals surface area contributed by atoms with E-state index in [2.05, 4.69) is 51.3 Å². The zero-order valence-electron chi connectivity index (χ0n) is 12.8. The normalized spacial score (nSPS) is 16.0. The van der Waals surface area contributed by atoms with Crippen molar-refractivity contribution in [1.82, 2.24) is 14.8 Å². The van der Waals surface area contributed by atoms with Gasteiger partial charge in [0.1, 0.15) is 12.2 Å². The van der Waals surface area contributed by atoms with Crippen LogP contribution in [0.15, 0.2) is 30.6 Å². The number of hydrogen-bond acceptors (Lipinski definition) is 3. The monoisotopic (exact) mass is 284 g/mol. The number of aromatic nitrogens is 3. The summed E-state index contributed by atoms with van der Waals surface area (Å²) in [7, 11) is 0. The molecular weight excluding hydrogens is 260 g/mol. The van der Waals surface area contributed by atoms with Crippen molar-refractivity contribution in [3.63, 3.8) is 0 Å². The second kappa shape index (κ2) is 6.74. The molecule has 2 aromatic rings. The fraction of sp³-hybridized carbons (Fsp3) is 0.529. The second-order valence-corrected chi connectivity index (χ2v) is 5.99. The van der Waals surface area contributed by atoms with Gasteiger partial charge >= 0.3 is 0 Å². The number of nitrogens with zero attached hydrogens (tertiary/aromatic N) is 3. The number of hydrogen-bond donors (Lipinski definition) is 1. The van der Waals surface area contributed by atoms with Crippen LogP contribution in [0.5, 0.6) is 0 Å². The van der Waals surface area contributed by atoms with E-state index < -0.39 is 0 Å². The van der Waals surface area contributed by atoms with Gasteiger partial charge in [-0.3, -0.25) is 0 Å². The largest absolute Gasteiger partial charge is 0.385 e. The first-order valence-corrected chi connectivity index (χ1v) is 8.02. The third-order valence-electron chi connectivity index (χ3n) is 4.34. The topological polar surface area (TPSA) is 42.7 Å². The van der Waals surface area contributed by atoms with Crippen LogP contribution in [0.3, 0.4) is 0 Å². The molecule has 1 saturated carbocycles. The van der Waals surface area contributed by atoms with Crippen LogP contribution in [0, 0.1) is 6.92 Å². The minimum atomic E-state index is 0.614. The van der Waals surface area contributed by atoms with E-state index in [1.54, 1.807) is 0 Å². The molecule has 0 saturated heterocycles. The summed E-state index contributed by atoms with van der Waals surface area (Å²) in [6.45, 7) is 3.00. The maximum Gasteiger partial charge on any atom is 0.134 e. The lowest BCUT2D eigenvalue weighted by molar-refractivity contribution is 0.345. The lowest BCUT2D eigenvalue weighted by atomic mass is 9.95. The maximum absolute atomic E-state index is 4.31. The van der Waals surface area contributed by atoms with E-state index in [4.69, 9.17) is 0 Å². The van der Waals surface area contributed by atoms with Crippen LogP contribution in [-0.2, 0) is 6.42 Å². The molecule has 0 bridgehead atoms. The highest BCUT2D eigenvalue weighted by Gasteiger charge is 2.18. The van der Waals surface area contributed by atoms with E-state index in [9.17, 15) is 0 Å². The van der Waals surface area contributed by atoms with Crippen molar-refractivity contribution in [3.05, 3.63) is 42.0 Å². The Bertz CT molecular complexity index is 552. The van der Waals surface area contributed by atoms with E-state index in [1.807, 2.05) is 6.33 Å². The highest BCUT2D eigenvalue weighted by Crippen LogP contribution is 2.28. The van der Waals surface area contributed by atoms with E-state index in [0.717, 1.165) is 18.8 Å². The molecule has 1 aliphatic carbocycles. The number of nitrogens with one attached hydrogen (secondary N) is 1. The van der Waals surface area contributed by atoms with Crippen LogP contribution < -0.4 is 5.32 Å². The molecule has 21 heavy (non-hydrogen) atoms. The molecule has 0 atom stereocenters. The Balaban J connectivity index is 1.55. The van der Waals surface area contributed by atoms with Gasteiger partial charge in [0.2, 0.25) is 0 Å². The van der Waals surface area contributed by atoms with Crippen LogP contribution in [0.2, 0.25) is 0 Å². The number of anilines is 1. The summed E-state index contributed by atoms with van der Waals surface area (Å²) >= 11 is 0. The van der Waals surface area contributed by atoms with Gasteiger partial charge in [-0.05, 0) is 31.9 Å². The molecule has 0 spiro atoms. The molecular formula is C17H24N4. The molecule has 4 heteroatoms. The first kappa shape index (κ1) is 14.1. The van der Waals surface area contributed by atoms with Crippen molar-refractivity contribution in [3.8, 4) is 0 Å². The molecule has 112 valence electrons. The Morgan fingerprint density at radius 3 is 2.67 bits per heavy atom. The number of aryl methyl sites for hydroxylation is 1. The molecule has 1 aliphatic rings. The lowest BCUT2D eigenvalue weighted by Gasteiger charge is -2.24. The molecule has 0 unspecified atom stereocenters. The lowest BCUT2D eigenvalue weighted by Crippen LogP contribution is -2.17. The Labute approximate surface area is 126 Å². The van der Waals surface area contributed by atoms with Gasteiger partial charge in [-0.1, -0.05) is 37.0 Å². The first-order valence-electron chi connectivity index (χ1n) is 8.02. The first-order chi connectivity index (χ1) is 10.3. The fourth-order valence-electron chi connectivity index (χ4n) is 3.10. The average Bonchev–Trinajstić information content (AvgIpc) is 2.99. The SMILES string of the molecule is Cc1ccc(NCCc2nncn2C2CCCCC2)cc1. The molecule has 1 fully saturated rings. The van der Waals surface area contributed by atoms with E-state index >= 15 is 0 Å². The highest BCUT2D eigenvalue weighted by atomic mass is 15.3. The van der Waals surface area contributed by atoms with Gasteiger partial charge in [0.25, 0.3) is 0 Å². The van der Waals surface area contributed by atoms with Gasteiger partial charge in [0.05, 0.1) is 0 Å². The molecule has 1 aromatic carbocycles. The van der Waals surface area contributed by atoms with Crippen molar-refractivity contribution >= 4 is 5.69 Å². The van der Waals surface area contributed by atoms with Crippen LogP contribution in [-0.4, -0.2) is 21.3 Å². The van der Waals surface area contributed by atoms with Crippen molar-refractivity contribution in [1.29, 1.82) is 0 Å². The van der Waals surface area contributed by atoms with Crippen LogP contribution in [0.25, 0.3) is 0 Å². The standard InChI is InChI=1S/C17H24N4/c1-14-7-9-15(10-8-14)18-12-11-17-20-19-13-21(17)16-5-3-2-4-6-16/h7-10,13,16,18H,2-6,11-12H2,1H3. The number of rotatable bonds is 5. The molecule has 0 radical (unpaired) electrons. The summed E-state index contributed by atoms with van der Waals surface area (Å²) < 4.78 is 2.30. The zero-order chi connectivity index (χ0) is 14.5. The van der Waals surface area contributed by atoms with Gasteiger partial charge in [0.15, 0.2) is 0 Å². The van der Waals surface area contributed by atoms with Crippen molar-refractivity contribution < 1.29 is 0 Å². The predicted octanol–water partition coefficient (Wildman–Crippen LogP) is 3.75. The minimum absolute atomic E-state index is 0.614. The molecule has 1 aromatic heterocycles. The summed E-state index contributed by atoms with van der Waals surface area (Å²) in [5.41, 5.74) is 2.46. The maximum atomic E-state index is 4.31. The minimum Gasteiger partial charge on any atom is -0.385 e. The van der Waals surface area contributed by atoms with Gasteiger partial charge in [-0.15, -0.1) is 10.2 Å². The Morgan fingerprint density at radius 1 is 1.14 bits per heavy atom. The van der Waals surface area contributed by atoms with Crippen LogP contribution in [0.4, 0.5) is 5.69 Å². The summed E-state index contributed by atoms with van der Waals surface area (Å²) in [6, 6.07) is 9.13. The van der Waals surface area contributed by atoms with Gasteiger partial charge in [0, 0.05) is 24.7 Å². The zero-order valence-corrected chi connectivity index (χ0v) is 12.8. The molecule has 4 nitrogen and oxygen atoms in total. The van der Waals surface area contributed by atoms with Crippen molar-refractivity contribution in [2.75, 3.05) is 11.9 Å². The molecule has 0 amide bonds. The van der Waals surface area contributed by atoms with Crippen LogP contribution >= 0.6 is 0 Å². The summed E-state index contributed by atoms with van der Waals surface area (Å²) in [6.07, 6.45) is 9.44. The second-order valence-electron chi connectivity index (χ2n) is 5.99. The Kier molecular flexibility index (Phi) is 4.53. The quantitative estimate of drug-likeness (QED) is 0.909. The molecule has 1 heterocycles. The highest BCUT2D eigenvalue weighted by molar-refractivity contribution is 5.44. The average molecular weight is 284 g/mol. The fourth-order valence-corrected chi connectivity index (χ4v) is 3.10. The van der Waals surface area contributed by atoms with Crippen LogP contribution in [0.1, 0.15) is 49.5 Å². The summed E-state index contributed by atoms with van der Waals surface area (Å²) in [5.74, 6) is 1.11. The van der Waals surface area contributed by atoms with E-state index in [-0.39, 0.29) is 0 Å². The van der Waals surface area contributed by atoms with E-state index in [1.165, 1.54) is 43.4 Å². The third-order valence-corrected chi connectivity index (χ3v) is 4.34. The van der Waals surface area contributed by atoms with Gasteiger partial charge in [-0.25, -0.2) is 0 Å². The molecule has 1 N–H and O–H groups in total. The van der Waals surface area contributed by atoms with Gasteiger partial charge in [-0.2, -0.15) is 0 Å². The molecule has 0 aliphatic heterocycles. The predicted molar refractivity (Wildman–Crippen MR) is 85.5 cm³/mol. The summed E-state index contributed by atoms with van der Waals surface area (Å²) in [5, 5.41) is 11.9. The number of benzene rings is 1. The Hall–Kier alpha value is -1.84. The van der Waals surface area contributed by atoms with Crippen molar-refractivity contribution in [2.45, 2.75) is 51.5 Å². The van der Waals surface area contributed by atoms with E-state index in [0.29, 0.717) is 6.04 Å². The summed E-state index contributed by atoms with van der Waals surface area (Å²) in [4.78, 5) is 0. The third kappa shape index (κ3) is 3.63. The molecule has 3 rings (SSSR count). The van der Waals surface area contributed by atoms with Gasteiger partial charge < -0.3 is 9.88 Å². The Morgan fingerprint density at radius 2 is 1.90 bits per heavy atom. The smallest absolute Gasteiger partial charge is 0.134 e. The van der Waals surface area contributed by atoms with Crippen molar-refractivity contribution in [2.24, 2.45) is 0 Å².